The largest absolute Gasteiger partial charge is 0.444 e. The average molecular weight is 375 g/mol. The number of thiophene rings is 1. The minimum atomic E-state index is -0.443. The molecule has 2 fully saturated rings. The quantitative estimate of drug-likeness (QED) is 0.802. The molecule has 26 heavy (non-hydrogen) atoms. The summed E-state index contributed by atoms with van der Waals surface area (Å²) >= 11 is 1.75. The van der Waals surface area contributed by atoms with E-state index in [2.05, 4.69) is 27.9 Å². The van der Waals surface area contributed by atoms with Gasteiger partial charge in [-0.25, -0.2) is 14.8 Å². The van der Waals surface area contributed by atoms with Crippen molar-refractivity contribution in [3.63, 3.8) is 0 Å². The van der Waals surface area contributed by atoms with Gasteiger partial charge in [0.05, 0.1) is 5.39 Å². The molecule has 2 aliphatic heterocycles. The second kappa shape index (κ2) is 6.08. The number of nitrogens with zero attached hydrogens (tertiary/aromatic N) is 4. The van der Waals surface area contributed by atoms with Gasteiger partial charge in [0.25, 0.3) is 0 Å². The van der Waals surface area contributed by atoms with E-state index < -0.39 is 5.60 Å². The zero-order chi connectivity index (χ0) is 18.5. The summed E-state index contributed by atoms with van der Waals surface area (Å²) in [5, 5.41) is 1.16. The van der Waals surface area contributed by atoms with Crippen LogP contribution in [0.4, 0.5) is 10.6 Å². The summed E-state index contributed by atoms with van der Waals surface area (Å²) in [6.45, 7) is 11.3. The molecule has 1 spiro atoms. The maximum atomic E-state index is 12.3. The third-order valence-corrected chi connectivity index (χ3v) is 6.34. The maximum Gasteiger partial charge on any atom is 0.410 e. The normalized spacial score (nSPS) is 19.2. The number of fused-ring (bicyclic) bond motifs is 1. The number of amides is 1. The number of anilines is 1. The van der Waals surface area contributed by atoms with Crippen molar-refractivity contribution in [1.29, 1.82) is 0 Å². The highest BCUT2D eigenvalue weighted by Gasteiger charge is 2.50. The first kappa shape index (κ1) is 17.5. The van der Waals surface area contributed by atoms with Crippen LogP contribution in [0.1, 0.15) is 39.0 Å². The van der Waals surface area contributed by atoms with Crippen molar-refractivity contribution in [1.82, 2.24) is 14.9 Å². The first-order valence-corrected chi connectivity index (χ1v) is 10.1. The van der Waals surface area contributed by atoms with Crippen LogP contribution < -0.4 is 4.90 Å². The van der Waals surface area contributed by atoms with Crippen molar-refractivity contribution in [2.75, 3.05) is 31.1 Å². The molecule has 0 atom stereocenters. The fourth-order valence-electron chi connectivity index (χ4n) is 3.91. The Morgan fingerprint density at radius 1 is 1.31 bits per heavy atom. The summed E-state index contributed by atoms with van der Waals surface area (Å²) in [5.74, 6) is 1.03. The zero-order valence-corrected chi connectivity index (χ0v) is 16.7. The fraction of sp³-hybridized carbons (Fsp3) is 0.632. The van der Waals surface area contributed by atoms with Crippen LogP contribution in [0.5, 0.6) is 0 Å². The van der Waals surface area contributed by atoms with Crippen molar-refractivity contribution >= 4 is 33.5 Å². The molecule has 0 N–H and O–H groups in total. The van der Waals surface area contributed by atoms with Crippen LogP contribution >= 0.6 is 11.3 Å². The monoisotopic (exact) mass is 374 g/mol. The van der Waals surface area contributed by atoms with Crippen molar-refractivity contribution in [3.05, 3.63) is 17.3 Å². The van der Waals surface area contributed by atoms with Gasteiger partial charge in [-0.2, -0.15) is 0 Å². The van der Waals surface area contributed by atoms with Gasteiger partial charge in [-0.1, -0.05) is 6.92 Å². The molecule has 140 valence electrons. The van der Waals surface area contributed by atoms with E-state index in [0.29, 0.717) is 0 Å². The molecule has 2 aromatic rings. The third kappa shape index (κ3) is 3.13. The van der Waals surface area contributed by atoms with Gasteiger partial charge in [-0.3, -0.25) is 0 Å². The van der Waals surface area contributed by atoms with Crippen LogP contribution in [0, 0.1) is 5.41 Å². The van der Waals surface area contributed by atoms with Crippen molar-refractivity contribution < 1.29 is 9.53 Å². The van der Waals surface area contributed by atoms with Gasteiger partial charge in [-0.15, -0.1) is 11.3 Å². The van der Waals surface area contributed by atoms with Gasteiger partial charge in [0.2, 0.25) is 0 Å². The second-order valence-corrected chi connectivity index (χ2v) is 9.61. The van der Waals surface area contributed by atoms with E-state index in [1.165, 1.54) is 4.88 Å². The standard InChI is InChI=1S/C19H26N4O2S/c1-5-13-8-14-15(20-12-21-16(14)26-13)23-10-19(11-23)6-7-22(9-19)17(24)25-18(2,3)4/h8,12H,5-7,9-11H2,1-4H3. The van der Waals surface area contributed by atoms with Gasteiger partial charge in [0.1, 0.15) is 22.6 Å². The number of ether oxygens (including phenoxy) is 1. The van der Waals surface area contributed by atoms with E-state index in [1.807, 2.05) is 25.7 Å². The SMILES string of the molecule is CCc1cc2c(N3CC4(CCN(C(=O)OC(C)(C)C)C4)C3)ncnc2s1. The second-order valence-electron chi connectivity index (χ2n) is 8.49. The third-order valence-electron chi connectivity index (χ3n) is 5.15. The number of hydrogen-bond acceptors (Lipinski definition) is 6. The molecule has 2 saturated heterocycles. The maximum absolute atomic E-state index is 12.3. The summed E-state index contributed by atoms with van der Waals surface area (Å²) in [4.78, 5) is 27.9. The van der Waals surface area contributed by atoms with Crippen LogP contribution in [0.2, 0.25) is 0 Å². The van der Waals surface area contributed by atoms with Gasteiger partial charge in [0.15, 0.2) is 0 Å². The number of carbonyl (C=O) groups excluding carboxylic acids is 1. The number of rotatable bonds is 2. The lowest BCUT2D eigenvalue weighted by Gasteiger charge is -2.48. The van der Waals surface area contributed by atoms with Gasteiger partial charge < -0.3 is 14.5 Å². The fourth-order valence-corrected chi connectivity index (χ4v) is 4.84. The van der Waals surface area contributed by atoms with Crippen LogP contribution in [0.25, 0.3) is 10.2 Å². The summed E-state index contributed by atoms with van der Waals surface area (Å²) < 4.78 is 5.52. The first-order valence-electron chi connectivity index (χ1n) is 9.25. The van der Waals surface area contributed by atoms with E-state index >= 15 is 0 Å². The number of aromatic nitrogens is 2. The Morgan fingerprint density at radius 2 is 2.08 bits per heavy atom. The van der Waals surface area contributed by atoms with Crippen LogP contribution in [0.3, 0.4) is 0 Å². The topological polar surface area (TPSA) is 58.6 Å². The highest BCUT2D eigenvalue weighted by atomic mass is 32.1. The highest BCUT2D eigenvalue weighted by molar-refractivity contribution is 7.18. The molecular weight excluding hydrogens is 348 g/mol. The van der Waals surface area contributed by atoms with E-state index in [4.69, 9.17) is 4.74 Å². The molecular formula is C19H26N4O2S. The van der Waals surface area contributed by atoms with Crippen molar-refractivity contribution in [2.24, 2.45) is 5.41 Å². The Labute approximate surface area is 158 Å². The minimum absolute atomic E-state index is 0.178. The molecule has 1 amide bonds. The summed E-state index contributed by atoms with van der Waals surface area (Å²) in [5.41, 5.74) is -0.265. The zero-order valence-electron chi connectivity index (χ0n) is 15.9. The molecule has 0 saturated carbocycles. The lowest BCUT2D eigenvalue weighted by Crippen LogP contribution is -2.58. The lowest BCUT2D eigenvalue weighted by atomic mass is 9.79. The molecule has 0 aromatic carbocycles. The number of aryl methyl sites for hydroxylation is 1. The Bertz CT molecular complexity index is 836. The Kier molecular flexibility index (Phi) is 4.10. The Morgan fingerprint density at radius 3 is 2.77 bits per heavy atom. The molecule has 0 aliphatic carbocycles. The smallest absolute Gasteiger partial charge is 0.410 e. The van der Waals surface area contributed by atoms with Gasteiger partial charge in [-0.05, 0) is 39.7 Å². The van der Waals surface area contributed by atoms with Crippen LogP contribution in [-0.2, 0) is 11.2 Å². The molecule has 0 radical (unpaired) electrons. The molecule has 7 heteroatoms. The summed E-state index contributed by atoms with van der Waals surface area (Å²) in [6.07, 6.45) is 3.53. The molecule has 0 bridgehead atoms. The highest BCUT2D eigenvalue weighted by Crippen LogP contribution is 2.43. The predicted molar refractivity (Wildman–Crippen MR) is 104 cm³/mol. The Hall–Kier alpha value is -1.89. The van der Waals surface area contributed by atoms with Crippen molar-refractivity contribution in [3.8, 4) is 0 Å². The molecule has 2 aromatic heterocycles. The first-order chi connectivity index (χ1) is 12.3. The lowest BCUT2D eigenvalue weighted by molar-refractivity contribution is 0.0265. The van der Waals surface area contributed by atoms with E-state index in [1.54, 1.807) is 17.7 Å². The van der Waals surface area contributed by atoms with Gasteiger partial charge in [0, 0.05) is 36.5 Å². The van der Waals surface area contributed by atoms with Crippen LogP contribution in [-0.4, -0.2) is 52.7 Å². The van der Waals surface area contributed by atoms with Crippen molar-refractivity contribution in [2.45, 2.75) is 46.1 Å². The van der Waals surface area contributed by atoms with E-state index in [-0.39, 0.29) is 11.5 Å². The van der Waals surface area contributed by atoms with E-state index in [0.717, 1.165) is 55.1 Å². The number of carbonyl (C=O) groups is 1. The van der Waals surface area contributed by atoms with Gasteiger partial charge >= 0.3 is 6.09 Å². The summed E-state index contributed by atoms with van der Waals surface area (Å²) in [7, 11) is 0. The molecule has 4 heterocycles. The summed E-state index contributed by atoms with van der Waals surface area (Å²) in [6, 6.07) is 2.22. The number of hydrogen-bond donors (Lipinski definition) is 0. The van der Waals surface area contributed by atoms with Crippen LogP contribution in [0.15, 0.2) is 12.4 Å². The Balaban J connectivity index is 1.44. The molecule has 6 nitrogen and oxygen atoms in total. The number of likely N-dealkylation sites (tertiary alicyclic amines) is 1. The molecule has 4 rings (SSSR count). The minimum Gasteiger partial charge on any atom is -0.444 e. The molecule has 0 unspecified atom stereocenters. The molecule has 2 aliphatic rings. The average Bonchev–Trinajstić information content (AvgIpc) is 3.15. The predicted octanol–water partition coefficient (Wildman–Crippen LogP) is 3.70. The van der Waals surface area contributed by atoms with E-state index in [9.17, 15) is 4.79 Å².